The Kier molecular flexibility index (Phi) is 5.46. The van der Waals surface area contributed by atoms with Gasteiger partial charge in [-0.3, -0.25) is 4.90 Å². The minimum absolute atomic E-state index is 0.297. The van der Waals surface area contributed by atoms with Crippen molar-refractivity contribution in [3.63, 3.8) is 0 Å². The number of hydrogen-bond donors (Lipinski definition) is 1. The van der Waals surface area contributed by atoms with Crippen LogP contribution in [0.5, 0.6) is 0 Å². The van der Waals surface area contributed by atoms with Crippen molar-refractivity contribution < 1.29 is 0 Å². The number of halogens is 1. The van der Waals surface area contributed by atoms with Crippen LogP contribution in [0.25, 0.3) is 0 Å². The largest absolute Gasteiger partial charge is 0.311 e. The molecule has 1 saturated carbocycles. The fourth-order valence-corrected chi connectivity index (χ4v) is 5.60. The van der Waals surface area contributed by atoms with E-state index in [1.165, 1.54) is 35.0 Å². The van der Waals surface area contributed by atoms with Crippen molar-refractivity contribution in [1.29, 1.82) is 0 Å². The summed E-state index contributed by atoms with van der Waals surface area (Å²) < 4.78 is 1.26. The molecule has 1 heterocycles. The first-order valence-corrected chi connectivity index (χ1v) is 9.02. The Morgan fingerprint density at radius 1 is 1.37 bits per heavy atom. The Morgan fingerprint density at radius 2 is 2.00 bits per heavy atom. The Balaban J connectivity index is 2.39. The van der Waals surface area contributed by atoms with Crippen molar-refractivity contribution in [1.82, 2.24) is 10.2 Å². The average molecular weight is 345 g/mol. The zero-order valence-electron chi connectivity index (χ0n) is 12.2. The summed E-state index contributed by atoms with van der Waals surface area (Å²) in [6, 6.07) is 2.61. The Hall–Kier alpha value is 0.100. The van der Waals surface area contributed by atoms with Gasteiger partial charge in [0.25, 0.3) is 0 Å². The summed E-state index contributed by atoms with van der Waals surface area (Å²) in [4.78, 5) is 4.13. The highest BCUT2D eigenvalue weighted by molar-refractivity contribution is 9.10. The van der Waals surface area contributed by atoms with Crippen molar-refractivity contribution in [2.75, 3.05) is 20.1 Å². The van der Waals surface area contributed by atoms with Crippen LogP contribution in [0.4, 0.5) is 0 Å². The van der Waals surface area contributed by atoms with Gasteiger partial charge in [-0.2, -0.15) is 0 Å². The van der Waals surface area contributed by atoms with Crippen LogP contribution in [0.1, 0.15) is 50.4 Å². The number of nitrogens with one attached hydrogen (secondary N) is 1. The molecule has 0 bridgehead atoms. The second-order valence-electron chi connectivity index (χ2n) is 5.34. The van der Waals surface area contributed by atoms with Crippen LogP contribution in [0.3, 0.4) is 0 Å². The third kappa shape index (κ3) is 2.78. The maximum Gasteiger partial charge on any atom is 0.0610 e. The number of rotatable bonds is 6. The van der Waals surface area contributed by atoms with Gasteiger partial charge in [-0.15, -0.1) is 11.3 Å². The molecule has 4 heteroatoms. The van der Waals surface area contributed by atoms with Crippen LogP contribution in [0, 0.1) is 0 Å². The molecule has 1 fully saturated rings. The molecule has 0 radical (unpaired) electrons. The van der Waals surface area contributed by atoms with Gasteiger partial charge in [0.05, 0.1) is 6.04 Å². The average Bonchev–Trinajstić information content (AvgIpc) is 3.04. The third-order valence-corrected chi connectivity index (χ3v) is 6.53. The summed E-state index contributed by atoms with van der Waals surface area (Å²) in [5.74, 6) is 0. The van der Waals surface area contributed by atoms with Crippen molar-refractivity contribution in [3.05, 3.63) is 20.8 Å². The molecule has 108 valence electrons. The van der Waals surface area contributed by atoms with Crippen LogP contribution in [0.2, 0.25) is 0 Å². The van der Waals surface area contributed by atoms with Crippen LogP contribution >= 0.6 is 27.3 Å². The number of nitrogens with zero attached hydrogens (tertiary/aromatic N) is 1. The summed E-state index contributed by atoms with van der Waals surface area (Å²) in [5, 5.41) is 5.81. The number of likely N-dealkylation sites (N-methyl/N-ethyl adjacent to an activating group) is 2. The van der Waals surface area contributed by atoms with Crippen molar-refractivity contribution >= 4 is 27.3 Å². The van der Waals surface area contributed by atoms with Gasteiger partial charge in [-0.05, 0) is 60.4 Å². The Bertz CT molecular complexity index is 395. The molecule has 0 spiro atoms. The first-order chi connectivity index (χ1) is 9.19. The van der Waals surface area contributed by atoms with Crippen molar-refractivity contribution in [2.24, 2.45) is 0 Å². The molecule has 1 aromatic rings. The van der Waals surface area contributed by atoms with E-state index in [0.717, 1.165) is 13.1 Å². The van der Waals surface area contributed by atoms with Gasteiger partial charge >= 0.3 is 0 Å². The van der Waals surface area contributed by atoms with Crippen molar-refractivity contribution in [2.45, 2.75) is 51.1 Å². The summed E-state index contributed by atoms with van der Waals surface area (Å²) >= 11 is 5.59. The smallest absolute Gasteiger partial charge is 0.0610 e. The van der Waals surface area contributed by atoms with Crippen LogP contribution in [-0.2, 0) is 0 Å². The lowest BCUT2D eigenvalue weighted by Gasteiger charge is -2.46. The molecule has 0 aromatic carbocycles. The zero-order chi connectivity index (χ0) is 13.9. The summed E-state index contributed by atoms with van der Waals surface area (Å²) in [6.07, 6.45) is 5.34. The van der Waals surface area contributed by atoms with Crippen molar-refractivity contribution in [3.8, 4) is 0 Å². The predicted molar refractivity (Wildman–Crippen MR) is 87.9 cm³/mol. The predicted octanol–water partition coefficient (Wildman–Crippen LogP) is 4.43. The van der Waals surface area contributed by atoms with E-state index in [9.17, 15) is 0 Å². The topological polar surface area (TPSA) is 15.3 Å². The first kappa shape index (κ1) is 15.5. The highest BCUT2D eigenvalue weighted by atomic mass is 79.9. The fraction of sp³-hybridized carbons (Fsp3) is 0.733. The molecule has 19 heavy (non-hydrogen) atoms. The molecule has 2 nitrogen and oxygen atoms in total. The van der Waals surface area contributed by atoms with E-state index >= 15 is 0 Å². The molecular formula is C15H25BrN2S. The third-order valence-electron chi connectivity index (χ3n) is 4.60. The minimum atomic E-state index is 0.297. The molecule has 1 unspecified atom stereocenters. The molecule has 0 aliphatic heterocycles. The van der Waals surface area contributed by atoms with E-state index in [1.807, 2.05) is 11.3 Å². The molecule has 1 atom stereocenters. The maximum absolute atomic E-state index is 3.72. The number of hydrogen-bond acceptors (Lipinski definition) is 3. The van der Waals surface area contributed by atoms with E-state index < -0.39 is 0 Å². The molecule has 1 aromatic heterocycles. The van der Waals surface area contributed by atoms with Crippen LogP contribution in [0.15, 0.2) is 15.9 Å². The van der Waals surface area contributed by atoms with E-state index in [2.05, 4.69) is 58.5 Å². The summed E-state index contributed by atoms with van der Waals surface area (Å²) in [7, 11) is 2.11. The van der Waals surface area contributed by atoms with Gasteiger partial charge < -0.3 is 5.32 Å². The Labute approximate surface area is 129 Å². The maximum atomic E-state index is 3.72. The highest BCUT2D eigenvalue weighted by Crippen LogP contribution is 2.47. The highest BCUT2D eigenvalue weighted by Gasteiger charge is 2.45. The lowest BCUT2D eigenvalue weighted by atomic mass is 9.85. The Morgan fingerprint density at radius 3 is 2.42 bits per heavy atom. The SMILES string of the molecule is CCN(CC)C1(C(NC)c2sccc2Br)CCCC1. The molecule has 2 rings (SSSR count). The van der Waals surface area contributed by atoms with Gasteiger partial charge in [-0.1, -0.05) is 26.7 Å². The van der Waals surface area contributed by atoms with E-state index in [0.29, 0.717) is 11.6 Å². The second kappa shape index (κ2) is 6.70. The van der Waals surface area contributed by atoms with Gasteiger partial charge in [0, 0.05) is 14.9 Å². The van der Waals surface area contributed by atoms with E-state index in [4.69, 9.17) is 0 Å². The van der Waals surface area contributed by atoms with Gasteiger partial charge in [0.15, 0.2) is 0 Å². The molecule has 1 N–H and O–H groups in total. The fourth-order valence-electron chi connectivity index (χ4n) is 3.78. The normalized spacial score (nSPS) is 20.1. The minimum Gasteiger partial charge on any atom is -0.311 e. The van der Waals surface area contributed by atoms with Gasteiger partial charge in [-0.25, -0.2) is 0 Å². The lowest BCUT2D eigenvalue weighted by molar-refractivity contribution is 0.0666. The summed E-state index contributed by atoms with van der Waals surface area (Å²) in [5.41, 5.74) is 0.297. The molecule has 0 saturated heterocycles. The van der Waals surface area contributed by atoms with E-state index in [1.54, 1.807) is 0 Å². The van der Waals surface area contributed by atoms with Crippen LogP contribution < -0.4 is 5.32 Å². The first-order valence-electron chi connectivity index (χ1n) is 7.34. The number of thiophene rings is 1. The van der Waals surface area contributed by atoms with Gasteiger partial charge in [0.1, 0.15) is 0 Å². The quantitative estimate of drug-likeness (QED) is 0.821. The molecule has 1 aliphatic rings. The summed E-state index contributed by atoms with van der Waals surface area (Å²) in [6.45, 7) is 6.86. The monoisotopic (exact) mass is 344 g/mol. The van der Waals surface area contributed by atoms with Gasteiger partial charge in [0.2, 0.25) is 0 Å². The molecular weight excluding hydrogens is 320 g/mol. The van der Waals surface area contributed by atoms with Crippen LogP contribution in [-0.4, -0.2) is 30.6 Å². The van der Waals surface area contributed by atoms with E-state index in [-0.39, 0.29) is 0 Å². The lowest BCUT2D eigenvalue weighted by Crippen LogP contribution is -2.54. The second-order valence-corrected chi connectivity index (χ2v) is 7.14. The zero-order valence-corrected chi connectivity index (χ0v) is 14.6. The standard InChI is InChI=1S/C15H25BrN2S/c1-4-18(5-2)15(9-6-7-10-15)14(17-3)13-12(16)8-11-19-13/h8,11,14,17H,4-7,9-10H2,1-3H3. The molecule has 1 aliphatic carbocycles. The molecule has 0 amide bonds.